The summed E-state index contributed by atoms with van der Waals surface area (Å²) in [6.45, 7) is 12.4. The quantitative estimate of drug-likeness (QED) is 0.0997. The van der Waals surface area contributed by atoms with Crippen LogP contribution in [-0.2, 0) is 32.1 Å². The van der Waals surface area contributed by atoms with Crippen molar-refractivity contribution in [1.29, 1.82) is 0 Å². The molecule has 0 saturated heterocycles. The van der Waals surface area contributed by atoms with Gasteiger partial charge in [-0.25, -0.2) is 0 Å². The van der Waals surface area contributed by atoms with Crippen molar-refractivity contribution in [3.63, 3.8) is 0 Å². The van der Waals surface area contributed by atoms with Crippen LogP contribution in [0, 0.1) is 0 Å². The molecule has 10 aliphatic rings. The first kappa shape index (κ1) is 43.7. The minimum Gasteiger partial charge on any atom is -0.496 e. The normalized spacial score (nSPS) is 12.2. The fourth-order valence-corrected chi connectivity index (χ4v) is 8.03. The molecule has 5 aromatic carbocycles. The standard InChI is InChI=1S/C50H60O10/c1-11-56-46-26-31-17-37-22-43(53-8)33(28-48(37)58-13-3)19-39-24-45(55-10)35(30-50(39)60-15-5)20-40-25-44(54-9)34(29-49(40)59-14-4)18-38-23-42(52-7)32(27-47(38)57-12-2)16-36(46)21-41(31)51-6/h21-30H,11-20H2,1-10H3. The first-order valence-electron chi connectivity index (χ1n) is 20.9. The molecule has 0 unspecified atom stereocenters. The zero-order valence-electron chi connectivity index (χ0n) is 36.9. The Kier molecular flexibility index (Phi) is 14.8. The Morgan fingerprint density at radius 2 is 0.383 bits per heavy atom. The summed E-state index contributed by atoms with van der Waals surface area (Å²) in [7, 11) is 8.49. The molecule has 0 fully saturated rings. The molecular formula is C50H60O10. The van der Waals surface area contributed by atoms with Crippen LogP contribution in [-0.4, -0.2) is 68.6 Å². The zero-order valence-corrected chi connectivity index (χ0v) is 36.9. The Morgan fingerprint density at radius 1 is 0.250 bits per heavy atom. The number of methoxy groups -OCH3 is 5. The van der Waals surface area contributed by atoms with E-state index in [4.69, 9.17) is 47.4 Å². The van der Waals surface area contributed by atoms with E-state index in [1.54, 1.807) is 35.5 Å². The molecule has 0 atom stereocenters. The first-order chi connectivity index (χ1) is 29.2. The Hall–Kier alpha value is -5.90. The van der Waals surface area contributed by atoms with Gasteiger partial charge in [-0.1, -0.05) is 0 Å². The number of ether oxygens (including phenoxy) is 10. The first-order valence-corrected chi connectivity index (χ1v) is 20.9. The van der Waals surface area contributed by atoms with Gasteiger partial charge < -0.3 is 47.4 Å². The summed E-state index contributed by atoms with van der Waals surface area (Å²) in [6.07, 6.45) is 2.58. The van der Waals surface area contributed by atoms with Crippen molar-refractivity contribution in [2.45, 2.75) is 66.7 Å². The van der Waals surface area contributed by atoms with E-state index in [0.717, 1.165) is 113 Å². The molecule has 10 aliphatic carbocycles. The van der Waals surface area contributed by atoms with Crippen LogP contribution in [0.4, 0.5) is 0 Å². The largest absolute Gasteiger partial charge is 0.496 e. The fourth-order valence-electron chi connectivity index (χ4n) is 8.03. The molecule has 0 saturated carbocycles. The van der Waals surface area contributed by atoms with Gasteiger partial charge in [-0.3, -0.25) is 0 Å². The smallest absolute Gasteiger partial charge is 0.123 e. The highest BCUT2D eigenvalue weighted by molar-refractivity contribution is 5.59. The molecular weight excluding hydrogens is 761 g/mol. The highest BCUT2D eigenvalue weighted by Crippen LogP contribution is 2.42. The van der Waals surface area contributed by atoms with Crippen LogP contribution in [0.5, 0.6) is 57.5 Å². The maximum Gasteiger partial charge on any atom is 0.123 e. The van der Waals surface area contributed by atoms with E-state index in [9.17, 15) is 0 Å². The van der Waals surface area contributed by atoms with Crippen molar-refractivity contribution < 1.29 is 47.4 Å². The second-order valence-electron chi connectivity index (χ2n) is 14.4. The Labute approximate surface area is 355 Å². The monoisotopic (exact) mass is 820 g/mol. The third kappa shape index (κ3) is 9.59. The molecule has 5 aromatic rings. The van der Waals surface area contributed by atoms with Crippen LogP contribution in [0.15, 0.2) is 60.7 Å². The van der Waals surface area contributed by atoms with E-state index in [2.05, 4.69) is 60.7 Å². The number of benzene rings is 5. The molecule has 10 bridgehead atoms. The van der Waals surface area contributed by atoms with Crippen molar-refractivity contribution >= 4 is 0 Å². The van der Waals surface area contributed by atoms with Gasteiger partial charge in [0.25, 0.3) is 0 Å². The second-order valence-corrected chi connectivity index (χ2v) is 14.4. The van der Waals surface area contributed by atoms with Gasteiger partial charge in [0, 0.05) is 87.7 Å². The van der Waals surface area contributed by atoms with Crippen LogP contribution < -0.4 is 47.4 Å². The summed E-state index contributed by atoms with van der Waals surface area (Å²) < 4.78 is 62.1. The summed E-state index contributed by atoms with van der Waals surface area (Å²) in [5, 5.41) is 0. The third-order valence-corrected chi connectivity index (χ3v) is 10.7. The highest BCUT2D eigenvalue weighted by atomic mass is 16.5. The molecule has 15 rings (SSSR count). The van der Waals surface area contributed by atoms with Crippen LogP contribution in [0.25, 0.3) is 0 Å². The Morgan fingerprint density at radius 3 is 0.517 bits per heavy atom. The lowest BCUT2D eigenvalue weighted by atomic mass is 9.94. The van der Waals surface area contributed by atoms with Gasteiger partial charge in [0.1, 0.15) is 57.5 Å². The summed E-state index contributed by atoms with van der Waals surface area (Å²) in [6, 6.07) is 20.7. The van der Waals surface area contributed by atoms with Crippen LogP contribution >= 0.6 is 0 Å². The maximum atomic E-state index is 6.34. The molecule has 0 spiro atoms. The molecule has 0 heterocycles. The fraction of sp³-hybridized carbons (Fsp3) is 0.400. The minimum absolute atomic E-state index is 0.492. The number of rotatable bonds is 15. The summed E-state index contributed by atoms with van der Waals surface area (Å²) >= 11 is 0. The zero-order chi connectivity index (χ0) is 42.8. The van der Waals surface area contributed by atoms with Crippen molar-refractivity contribution in [2.24, 2.45) is 0 Å². The molecule has 60 heavy (non-hydrogen) atoms. The van der Waals surface area contributed by atoms with Crippen molar-refractivity contribution in [2.75, 3.05) is 68.6 Å². The lowest BCUT2D eigenvalue weighted by Crippen LogP contribution is -2.06. The van der Waals surface area contributed by atoms with Gasteiger partial charge in [-0.05, 0) is 95.3 Å². The molecule has 0 N–H and O–H groups in total. The summed E-state index contributed by atoms with van der Waals surface area (Å²) in [5.74, 6) is 7.49. The molecule has 10 nitrogen and oxygen atoms in total. The molecule has 0 amide bonds. The van der Waals surface area contributed by atoms with Gasteiger partial charge in [0.2, 0.25) is 0 Å². The minimum atomic E-state index is 0.492. The Balaban J connectivity index is 1.64. The van der Waals surface area contributed by atoms with Crippen molar-refractivity contribution in [3.05, 3.63) is 116 Å². The molecule has 0 aliphatic heterocycles. The molecule has 320 valence electrons. The SMILES string of the molecule is CCOc1cc2c(OC)cc1Cc1cc(OCC)c(cc1OC)Cc1cc(OCC)c(cc1OC)Cc1cc(OCC)c(cc1OC)Cc1cc(OCC)c(cc1OC)C2. The molecule has 0 radical (unpaired) electrons. The van der Waals surface area contributed by atoms with Gasteiger partial charge in [-0.2, -0.15) is 0 Å². The van der Waals surface area contributed by atoms with Crippen LogP contribution in [0.2, 0.25) is 0 Å². The predicted octanol–water partition coefficient (Wildman–Crippen LogP) is 9.99. The molecule has 0 aromatic heterocycles. The summed E-state index contributed by atoms with van der Waals surface area (Å²) in [5.41, 5.74) is 9.55. The average molecular weight is 821 g/mol. The van der Waals surface area contributed by atoms with E-state index in [0.29, 0.717) is 65.1 Å². The number of hydrogen-bond donors (Lipinski definition) is 0. The second kappa shape index (κ2) is 20.4. The van der Waals surface area contributed by atoms with Crippen molar-refractivity contribution in [1.82, 2.24) is 0 Å². The van der Waals surface area contributed by atoms with E-state index in [1.165, 1.54) is 0 Å². The lowest BCUT2D eigenvalue weighted by molar-refractivity contribution is 0.331. The topological polar surface area (TPSA) is 92.3 Å². The number of hydrogen-bond acceptors (Lipinski definition) is 10. The molecule has 10 heteroatoms. The van der Waals surface area contributed by atoms with E-state index in [-0.39, 0.29) is 0 Å². The van der Waals surface area contributed by atoms with Gasteiger partial charge in [0.15, 0.2) is 0 Å². The Bertz CT molecular complexity index is 1890. The predicted molar refractivity (Wildman–Crippen MR) is 235 cm³/mol. The van der Waals surface area contributed by atoms with Gasteiger partial charge in [0.05, 0.1) is 68.6 Å². The lowest BCUT2D eigenvalue weighted by Gasteiger charge is -2.21. The van der Waals surface area contributed by atoms with Crippen molar-refractivity contribution in [3.8, 4) is 57.5 Å². The van der Waals surface area contributed by atoms with Gasteiger partial charge in [-0.15, -0.1) is 0 Å². The summed E-state index contributed by atoms with van der Waals surface area (Å²) in [4.78, 5) is 0. The third-order valence-electron chi connectivity index (χ3n) is 10.7. The van der Waals surface area contributed by atoms with Gasteiger partial charge >= 0.3 is 0 Å². The van der Waals surface area contributed by atoms with E-state index >= 15 is 0 Å². The van der Waals surface area contributed by atoms with E-state index < -0.39 is 0 Å². The van der Waals surface area contributed by atoms with E-state index in [1.807, 2.05) is 34.6 Å². The maximum absolute atomic E-state index is 6.34. The average Bonchev–Trinajstić information content (AvgIpc) is 3.24. The highest BCUT2D eigenvalue weighted by Gasteiger charge is 2.23. The van der Waals surface area contributed by atoms with Crippen LogP contribution in [0.1, 0.15) is 90.3 Å². The van der Waals surface area contributed by atoms with Crippen LogP contribution in [0.3, 0.4) is 0 Å².